The first kappa shape index (κ1) is 15.1. The zero-order valence-corrected chi connectivity index (χ0v) is 12.7. The molecule has 1 N–H and O–H groups in total. The molecule has 0 aliphatic carbocycles. The third-order valence-electron chi connectivity index (χ3n) is 3.17. The van der Waals surface area contributed by atoms with E-state index in [9.17, 15) is 4.39 Å². The number of rotatable bonds is 6. The summed E-state index contributed by atoms with van der Waals surface area (Å²) in [6.45, 7) is 4.95. The van der Waals surface area contributed by atoms with E-state index in [4.69, 9.17) is 0 Å². The number of halogens is 1. The van der Waals surface area contributed by atoms with Gasteiger partial charge in [-0.2, -0.15) is 0 Å². The molecule has 1 atom stereocenters. The fraction of sp³-hybridized carbons (Fsp3) is 0.294. The Balaban J connectivity index is 2.06. The van der Waals surface area contributed by atoms with Crippen LogP contribution in [0.25, 0.3) is 0 Å². The largest absolute Gasteiger partial charge is 0.309 e. The van der Waals surface area contributed by atoms with Crippen LogP contribution in [0.4, 0.5) is 4.39 Å². The SMILES string of the molecule is CCNC(CSc1ccc(C)cc1)c1ccccc1F. The summed E-state index contributed by atoms with van der Waals surface area (Å²) in [6, 6.07) is 15.5. The highest BCUT2D eigenvalue weighted by molar-refractivity contribution is 7.99. The van der Waals surface area contributed by atoms with E-state index in [0.29, 0.717) is 0 Å². The molecule has 2 rings (SSSR count). The summed E-state index contributed by atoms with van der Waals surface area (Å²) < 4.78 is 13.9. The molecule has 1 unspecified atom stereocenters. The molecular weight excluding hydrogens is 269 g/mol. The Morgan fingerprint density at radius 3 is 2.45 bits per heavy atom. The van der Waals surface area contributed by atoms with Crippen molar-refractivity contribution in [2.24, 2.45) is 0 Å². The summed E-state index contributed by atoms with van der Waals surface area (Å²) in [4.78, 5) is 1.22. The topological polar surface area (TPSA) is 12.0 Å². The predicted octanol–water partition coefficient (Wildman–Crippen LogP) is 4.58. The quantitative estimate of drug-likeness (QED) is 0.781. The second-order valence-corrected chi connectivity index (χ2v) is 5.85. The number of benzene rings is 2. The normalized spacial score (nSPS) is 12.3. The van der Waals surface area contributed by atoms with Gasteiger partial charge in [-0.25, -0.2) is 4.39 Å². The van der Waals surface area contributed by atoms with Crippen molar-refractivity contribution in [3.63, 3.8) is 0 Å². The van der Waals surface area contributed by atoms with Gasteiger partial charge in [0, 0.05) is 22.3 Å². The second-order valence-electron chi connectivity index (χ2n) is 4.76. The number of nitrogens with one attached hydrogen (secondary N) is 1. The first-order valence-corrected chi connectivity index (χ1v) is 7.86. The lowest BCUT2D eigenvalue weighted by Gasteiger charge is -2.18. The van der Waals surface area contributed by atoms with Crippen LogP contribution in [0.5, 0.6) is 0 Å². The predicted molar refractivity (Wildman–Crippen MR) is 84.7 cm³/mol. The molecule has 0 heterocycles. The molecule has 0 saturated heterocycles. The summed E-state index contributed by atoms with van der Waals surface area (Å²) in [5.74, 6) is 0.681. The Morgan fingerprint density at radius 2 is 1.80 bits per heavy atom. The lowest BCUT2D eigenvalue weighted by Crippen LogP contribution is -2.23. The number of hydrogen-bond donors (Lipinski definition) is 1. The molecule has 0 bridgehead atoms. The zero-order valence-electron chi connectivity index (χ0n) is 11.9. The van der Waals surface area contributed by atoms with Crippen LogP contribution in [-0.2, 0) is 0 Å². The third kappa shape index (κ3) is 4.09. The molecule has 0 amide bonds. The summed E-state index contributed by atoms with van der Waals surface area (Å²) in [6.07, 6.45) is 0. The highest BCUT2D eigenvalue weighted by Crippen LogP contribution is 2.26. The van der Waals surface area contributed by atoms with Crippen LogP contribution in [0, 0.1) is 12.7 Å². The Labute approximate surface area is 124 Å². The molecule has 0 radical (unpaired) electrons. The van der Waals surface area contributed by atoms with E-state index in [1.165, 1.54) is 16.5 Å². The number of aryl methyl sites for hydroxylation is 1. The van der Waals surface area contributed by atoms with Gasteiger partial charge in [-0.15, -0.1) is 11.8 Å². The molecule has 0 aromatic heterocycles. The van der Waals surface area contributed by atoms with Crippen molar-refractivity contribution in [2.75, 3.05) is 12.3 Å². The molecule has 106 valence electrons. The maximum atomic E-state index is 13.9. The average molecular weight is 289 g/mol. The van der Waals surface area contributed by atoms with E-state index in [0.717, 1.165) is 17.9 Å². The molecule has 3 heteroatoms. The molecule has 0 aliphatic heterocycles. The van der Waals surface area contributed by atoms with Gasteiger partial charge in [0.15, 0.2) is 0 Å². The van der Waals surface area contributed by atoms with Crippen molar-refractivity contribution in [1.82, 2.24) is 5.32 Å². The van der Waals surface area contributed by atoms with Gasteiger partial charge in [-0.1, -0.05) is 42.8 Å². The van der Waals surface area contributed by atoms with Crippen LogP contribution in [0.1, 0.15) is 24.1 Å². The highest BCUT2D eigenvalue weighted by atomic mass is 32.2. The first-order valence-electron chi connectivity index (χ1n) is 6.88. The highest BCUT2D eigenvalue weighted by Gasteiger charge is 2.14. The third-order valence-corrected chi connectivity index (χ3v) is 4.27. The van der Waals surface area contributed by atoms with Crippen molar-refractivity contribution >= 4 is 11.8 Å². The molecule has 0 aliphatic rings. The smallest absolute Gasteiger partial charge is 0.128 e. The Hall–Kier alpha value is -1.32. The molecule has 0 fully saturated rings. The van der Waals surface area contributed by atoms with E-state index in [-0.39, 0.29) is 11.9 Å². The van der Waals surface area contributed by atoms with E-state index in [2.05, 4.69) is 36.5 Å². The van der Waals surface area contributed by atoms with Gasteiger partial charge < -0.3 is 5.32 Å². The minimum atomic E-state index is -0.136. The van der Waals surface area contributed by atoms with Gasteiger partial charge >= 0.3 is 0 Å². The van der Waals surface area contributed by atoms with Crippen LogP contribution < -0.4 is 5.32 Å². The molecule has 20 heavy (non-hydrogen) atoms. The zero-order chi connectivity index (χ0) is 14.4. The monoisotopic (exact) mass is 289 g/mol. The molecule has 2 aromatic rings. The molecule has 0 saturated carbocycles. The Bertz CT molecular complexity index is 539. The van der Waals surface area contributed by atoms with E-state index >= 15 is 0 Å². The maximum Gasteiger partial charge on any atom is 0.128 e. The van der Waals surface area contributed by atoms with Gasteiger partial charge in [0.1, 0.15) is 5.82 Å². The van der Waals surface area contributed by atoms with Gasteiger partial charge in [0.25, 0.3) is 0 Å². The lowest BCUT2D eigenvalue weighted by molar-refractivity contribution is 0.545. The van der Waals surface area contributed by atoms with Crippen molar-refractivity contribution in [1.29, 1.82) is 0 Å². The lowest BCUT2D eigenvalue weighted by atomic mass is 10.1. The Kier molecular flexibility index (Phi) is 5.62. The first-order chi connectivity index (χ1) is 9.70. The van der Waals surface area contributed by atoms with Gasteiger partial charge in [0.2, 0.25) is 0 Å². The van der Waals surface area contributed by atoms with Crippen LogP contribution >= 0.6 is 11.8 Å². The number of thioether (sulfide) groups is 1. The molecule has 2 aromatic carbocycles. The summed E-state index contributed by atoms with van der Waals surface area (Å²) in [5, 5.41) is 3.36. The molecular formula is C17H20FNS. The van der Waals surface area contributed by atoms with Crippen LogP contribution in [0.2, 0.25) is 0 Å². The van der Waals surface area contributed by atoms with Gasteiger partial charge in [-0.05, 0) is 31.7 Å². The minimum absolute atomic E-state index is 0.0347. The maximum absolute atomic E-state index is 13.9. The molecule has 1 nitrogen and oxygen atoms in total. The van der Waals surface area contributed by atoms with E-state index in [1.54, 1.807) is 17.8 Å². The summed E-state index contributed by atoms with van der Waals surface area (Å²) in [5.41, 5.74) is 2.00. The number of hydrogen-bond acceptors (Lipinski definition) is 2. The van der Waals surface area contributed by atoms with Gasteiger partial charge in [-0.3, -0.25) is 0 Å². The van der Waals surface area contributed by atoms with Crippen molar-refractivity contribution in [3.05, 3.63) is 65.5 Å². The van der Waals surface area contributed by atoms with Crippen LogP contribution in [0.3, 0.4) is 0 Å². The fourth-order valence-corrected chi connectivity index (χ4v) is 3.06. The van der Waals surface area contributed by atoms with Crippen LogP contribution in [0.15, 0.2) is 53.4 Å². The van der Waals surface area contributed by atoms with Crippen molar-refractivity contribution < 1.29 is 4.39 Å². The summed E-state index contributed by atoms with van der Waals surface area (Å²) >= 11 is 1.75. The Morgan fingerprint density at radius 1 is 1.10 bits per heavy atom. The average Bonchev–Trinajstić information content (AvgIpc) is 2.46. The minimum Gasteiger partial charge on any atom is -0.309 e. The fourth-order valence-electron chi connectivity index (χ4n) is 2.08. The standard InChI is InChI=1S/C17H20FNS/c1-3-19-17(15-6-4-5-7-16(15)18)12-20-14-10-8-13(2)9-11-14/h4-11,17,19H,3,12H2,1-2H3. The second kappa shape index (κ2) is 7.46. The van der Waals surface area contributed by atoms with E-state index in [1.807, 2.05) is 19.1 Å². The van der Waals surface area contributed by atoms with Crippen molar-refractivity contribution in [3.8, 4) is 0 Å². The van der Waals surface area contributed by atoms with Crippen molar-refractivity contribution in [2.45, 2.75) is 24.8 Å². The van der Waals surface area contributed by atoms with Crippen LogP contribution in [-0.4, -0.2) is 12.3 Å². The van der Waals surface area contributed by atoms with Gasteiger partial charge in [0.05, 0.1) is 0 Å². The van der Waals surface area contributed by atoms with E-state index < -0.39 is 0 Å². The summed E-state index contributed by atoms with van der Waals surface area (Å²) in [7, 11) is 0. The molecule has 0 spiro atoms.